The molecule has 1 N–H and O–H groups in total. The van der Waals surface area contributed by atoms with Crippen LogP contribution >= 0.6 is 11.6 Å². The normalized spacial score (nSPS) is 12.1. The van der Waals surface area contributed by atoms with Crippen molar-refractivity contribution >= 4 is 37.1 Å². The van der Waals surface area contributed by atoms with E-state index in [0.717, 1.165) is 0 Å². The van der Waals surface area contributed by atoms with Gasteiger partial charge in [0.1, 0.15) is 0 Å². The molecule has 0 saturated carbocycles. The number of rotatable bonds is 5. The molecule has 8 heteroatoms. The van der Waals surface area contributed by atoms with Crippen LogP contribution < -0.4 is 4.72 Å². The summed E-state index contributed by atoms with van der Waals surface area (Å²) in [6.07, 6.45) is 0. The van der Waals surface area contributed by atoms with E-state index in [1.807, 2.05) is 0 Å². The first kappa shape index (κ1) is 16.8. The van der Waals surface area contributed by atoms with Crippen molar-refractivity contribution in [3.8, 4) is 0 Å². The minimum atomic E-state index is -3.80. The van der Waals surface area contributed by atoms with Crippen LogP contribution in [0.5, 0.6) is 0 Å². The van der Waals surface area contributed by atoms with Crippen LogP contribution in [-0.4, -0.2) is 22.6 Å². The van der Waals surface area contributed by atoms with E-state index in [1.165, 1.54) is 37.3 Å². The van der Waals surface area contributed by atoms with Gasteiger partial charge in [0.2, 0.25) is 0 Å². The van der Waals surface area contributed by atoms with E-state index in [4.69, 9.17) is 11.6 Å². The maximum atomic E-state index is 12.2. The lowest BCUT2D eigenvalue weighted by atomic mass is 10.3. The zero-order chi connectivity index (χ0) is 16.4. The second-order valence-electron chi connectivity index (χ2n) is 4.49. The Labute approximate surface area is 134 Å². The van der Waals surface area contributed by atoms with E-state index in [-0.39, 0.29) is 15.5 Å². The molecule has 0 aromatic heterocycles. The molecular formula is C14H14ClNO4S2. The van der Waals surface area contributed by atoms with E-state index >= 15 is 0 Å². The van der Waals surface area contributed by atoms with E-state index in [0.29, 0.717) is 10.7 Å². The van der Waals surface area contributed by atoms with E-state index in [9.17, 15) is 16.8 Å². The third-order valence-electron chi connectivity index (χ3n) is 2.95. The molecule has 2 rings (SSSR count). The first-order chi connectivity index (χ1) is 10.2. The fourth-order valence-corrected chi connectivity index (χ4v) is 3.88. The van der Waals surface area contributed by atoms with Crippen molar-refractivity contribution in [1.29, 1.82) is 0 Å². The molecule has 0 aliphatic carbocycles. The molecule has 22 heavy (non-hydrogen) atoms. The summed E-state index contributed by atoms with van der Waals surface area (Å²) in [6, 6.07) is 11.4. The number of anilines is 1. The zero-order valence-electron chi connectivity index (χ0n) is 11.7. The standard InChI is InChI=1S/C14H14ClNO4S2/c1-2-21(17,18)13-6-8-14(9-7-13)22(19,20)16-12-5-3-4-11(15)10-12/h3-10,16H,2H2,1H3. The van der Waals surface area contributed by atoms with Crippen LogP contribution in [0.3, 0.4) is 0 Å². The van der Waals surface area contributed by atoms with Crippen LogP contribution in [0.2, 0.25) is 5.02 Å². The van der Waals surface area contributed by atoms with Gasteiger partial charge in [-0.25, -0.2) is 16.8 Å². The van der Waals surface area contributed by atoms with Gasteiger partial charge in [0, 0.05) is 5.02 Å². The Bertz CT molecular complexity index is 875. The molecule has 0 amide bonds. The molecule has 0 aliphatic rings. The third-order valence-corrected chi connectivity index (χ3v) is 6.33. The molecular weight excluding hydrogens is 346 g/mol. The summed E-state index contributed by atoms with van der Waals surface area (Å²) in [6.45, 7) is 1.53. The SMILES string of the molecule is CCS(=O)(=O)c1ccc(S(=O)(=O)Nc2cccc(Cl)c2)cc1. The summed E-state index contributed by atoms with van der Waals surface area (Å²) >= 11 is 5.81. The lowest BCUT2D eigenvalue weighted by Crippen LogP contribution is -2.13. The van der Waals surface area contributed by atoms with Crippen LogP contribution in [0, 0.1) is 0 Å². The minimum absolute atomic E-state index is 0.0254. The number of hydrogen-bond donors (Lipinski definition) is 1. The molecule has 2 aromatic rings. The summed E-state index contributed by atoms with van der Waals surface area (Å²) in [5, 5.41) is 0.407. The van der Waals surface area contributed by atoms with Crippen molar-refractivity contribution in [1.82, 2.24) is 0 Å². The molecule has 5 nitrogen and oxygen atoms in total. The number of nitrogens with one attached hydrogen (secondary N) is 1. The van der Waals surface area contributed by atoms with Gasteiger partial charge in [-0.3, -0.25) is 4.72 Å². The van der Waals surface area contributed by atoms with Crippen molar-refractivity contribution < 1.29 is 16.8 Å². The van der Waals surface area contributed by atoms with E-state index in [2.05, 4.69) is 4.72 Å². The average Bonchev–Trinajstić information content (AvgIpc) is 2.47. The highest BCUT2D eigenvalue weighted by Gasteiger charge is 2.17. The van der Waals surface area contributed by atoms with Crippen LogP contribution in [0.25, 0.3) is 0 Å². The van der Waals surface area contributed by atoms with Crippen molar-refractivity contribution in [2.24, 2.45) is 0 Å². The van der Waals surface area contributed by atoms with Gasteiger partial charge in [-0.2, -0.15) is 0 Å². The fraction of sp³-hybridized carbons (Fsp3) is 0.143. The van der Waals surface area contributed by atoms with Gasteiger partial charge >= 0.3 is 0 Å². The van der Waals surface area contributed by atoms with Crippen LogP contribution in [0.15, 0.2) is 58.3 Å². The predicted octanol–water partition coefficient (Wildman–Crippen LogP) is 2.93. The van der Waals surface area contributed by atoms with Gasteiger partial charge < -0.3 is 0 Å². The van der Waals surface area contributed by atoms with Gasteiger partial charge in [-0.1, -0.05) is 24.6 Å². The topological polar surface area (TPSA) is 80.3 Å². The Hall–Kier alpha value is -1.57. The van der Waals surface area contributed by atoms with E-state index in [1.54, 1.807) is 18.2 Å². The molecule has 0 fully saturated rings. The highest BCUT2D eigenvalue weighted by atomic mass is 35.5. The maximum Gasteiger partial charge on any atom is 0.261 e. The van der Waals surface area contributed by atoms with Crippen LogP contribution in [-0.2, 0) is 19.9 Å². The van der Waals surface area contributed by atoms with Crippen molar-refractivity contribution in [3.05, 3.63) is 53.6 Å². The summed E-state index contributed by atoms with van der Waals surface area (Å²) in [4.78, 5) is 0.0687. The summed E-state index contributed by atoms with van der Waals surface area (Å²) in [5.74, 6) is -0.0418. The van der Waals surface area contributed by atoms with E-state index < -0.39 is 19.9 Å². The molecule has 0 unspecified atom stereocenters. The van der Waals surface area contributed by atoms with Gasteiger partial charge in [-0.05, 0) is 42.5 Å². The van der Waals surface area contributed by atoms with Gasteiger partial charge in [0.25, 0.3) is 10.0 Å². The lowest BCUT2D eigenvalue weighted by molar-refractivity contribution is 0.595. The van der Waals surface area contributed by atoms with Crippen LogP contribution in [0.4, 0.5) is 5.69 Å². The molecule has 0 aliphatic heterocycles. The summed E-state index contributed by atoms with van der Waals surface area (Å²) in [7, 11) is -7.16. The third kappa shape index (κ3) is 3.79. The Morgan fingerprint density at radius 1 is 0.955 bits per heavy atom. The molecule has 2 aromatic carbocycles. The molecule has 0 atom stereocenters. The monoisotopic (exact) mass is 359 g/mol. The lowest BCUT2D eigenvalue weighted by Gasteiger charge is -2.09. The first-order valence-corrected chi connectivity index (χ1v) is 9.87. The zero-order valence-corrected chi connectivity index (χ0v) is 14.0. The second kappa shape index (κ2) is 6.28. The highest BCUT2D eigenvalue weighted by molar-refractivity contribution is 7.92. The number of hydrogen-bond acceptors (Lipinski definition) is 4. The van der Waals surface area contributed by atoms with Crippen LogP contribution in [0.1, 0.15) is 6.92 Å². The first-order valence-electron chi connectivity index (χ1n) is 6.36. The predicted molar refractivity (Wildman–Crippen MR) is 86.4 cm³/mol. The Kier molecular flexibility index (Phi) is 4.79. The van der Waals surface area contributed by atoms with Crippen molar-refractivity contribution in [2.45, 2.75) is 16.7 Å². The summed E-state index contributed by atoms with van der Waals surface area (Å²) in [5.41, 5.74) is 0.331. The number of sulfonamides is 1. The number of halogens is 1. The van der Waals surface area contributed by atoms with Crippen molar-refractivity contribution in [3.63, 3.8) is 0 Å². The minimum Gasteiger partial charge on any atom is -0.280 e. The Morgan fingerprint density at radius 3 is 2.09 bits per heavy atom. The Balaban J connectivity index is 2.31. The molecule has 0 radical (unpaired) electrons. The van der Waals surface area contributed by atoms with Gasteiger partial charge in [-0.15, -0.1) is 0 Å². The largest absolute Gasteiger partial charge is 0.280 e. The quantitative estimate of drug-likeness (QED) is 0.890. The molecule has 118 valence electrons. The highest BCUT2D eigenvalue weighted by Crippen LogP contribution is 2.21. The average molecular weight is 360 g/mol. The smallest absolute Gasteiger partial charge is 0.261 e. The fourth-order valence-electron chi connectivity index (χ4n) is 1.76. The Morgan fingerprint density at radius 2 is 1.55 bits per heavy atom. The number of benzene rings is 2. The van der Waals surface area contributed by atoms with Gasteiger partial charge in [0.05, 0.1) is 21.2 Å². The molecule has 0 bridgehead atoms. The molecule has 0 saturated heterocycles. The number of sulfone groups is 1. The van der Waals surface area contributed by atoms with Crippen molar-refractivity contribution in [2.75, 3.05) is 10.5 Å². The summed E-state index contributed by atoms with van der Waals surface area (Å²) < 4.78 is 50.3. The van der Waals surface area contributed by atoms with Gasteiger partial charge in [0.15, 0.2) is 9.84 Å². The molecule has 0 spiro atoms. The maximum absolute atomic E-state index is 12.2. The molecule has 0 heterocycles. The second-order valence-corrected chi connectivity index (χ2v) is 8.89.